The number of benzene rings is 1. The molecule has 3 heteroatoms. The zero-order chi connectivity index (χ0) is 14.6. The van der Waals surface area contributed by atoms with Gasteiger partial charge >= 0.3 is 0 Å². The molecule has 0 aliphatic heterocycles. The van der Waals surface area contributed by atoms with Crippen molar-refractivity contribution in [3.63, 3.8) is 0 Å². The molecule has 0 atom stereocenters. The van der Waals surface area contributed by atoms with Gasteiger partial charge in [0.2, 0.25) is 0 Å². The first-order valence-electron chi connectivity index (χ1n) is 7.59. The van der Waals surface area contributed by atoms with E-state index in [9.17, 15) is 4.79 Å². The van der Waals surface area contributed by atoms with E-state index in [0.29, 0.717) is 6.42 Å². The van der Waals surface area contributed by atoms with E-state index in [4.69, 9.17) is 4.84 Å². The van der Waals surface area contributed by atoms with Crippen molar-refractivity contribution in [2.24, 2.45) is 0 Å². The lowest BCUT2D eigenvalue weighted by Gasteiger charge is -2.16. The number of carbonyl (C=O) groups is 1. The van der Waals surface area contributed by atoms with Crippen molar-refractivity contribution in [3.05, 3.63) is 42.5 Å². The molecular weight excluding hydrogens is 250 g/mol. The normalized spacial score (nSPS) is 10.9. The summed E-state index contributed by atoms with van der Waals surface area (Å²) in [7, 11) is 0. The minimum atomic E-state index is 0.244. The highest BCUT2D eigenvalue weighted by atomic mass is 16.7. The van der Waals surface area contributed by atoms with Crippen LogP contribution in [0.15, 0.2) is 30.3 Å². The fourth-order valence-corrected chi connectivity index (χ4v) is 1.99. The second kappa shape index (κ2) is 10.6. The fourth-order valence-electron chi connectivity index (χ4n) is 1.99. The molecule has 0 unspecified atom stereocenters. The first-order chi connectivity index (χ1) is 9.77. The van der Waals surface area contributed by atoms with Gasteiger partial charge in [-0.3, -0.25) is 9.63 Å². The van der Waals surface area contributed by atoms with E-state index in [1.54, 1.807) is 0 Å². The van der Waals surface area contributed by atoms with Crippen LogP contribution in [0.3, 0.4) is 0 Å². The Morgan fingerprint density at radius 1 is 1.10 bits per heavy atom. The third-order valence-corrected chi connectivity index (χ3v) is 3.25. The summed E-state index contributed by atoms with van der Waals surface area (Å²) in [5.41, 5.74) is 0.823. The average Bonchev–Trinajstić information content (AvgIpc) is 2.51. The number of hydrogen-bond donors (Lipinski definition) is 0. The van der Waals surface area contributed by atoms with Crippen LogP contribution in [0.4, 0.5) is 0 Å². The van der Waals surface area contributed by atoms with Gasteiger partial charge in [-0.15, -0.1) is 0 Å². The summed E-state index contributed by atoms with van der Waals surface area (Å²) in [6.45, 7) is 7.82. The monoisotopic (exact) mass is 276 g/mol. The predicted octanol–water partition coefficient (Wildman–Crippen LogP) is 4.25. The van der Waals surface area contributed by atoms with Crippen LogP contribution in [0.1, 0.15) is 56.3 Å². The predicted molar refractivity (Wildman–Crippen MR) is 82.2 cm³/mol. The molecule has 0 N–H and O–H groups in total. The fraction of sp³-hybridized carbons (Fsp3) is 0.529. The second-order valence-electron chi connectivity index (χ2n) is 4.77. The molecule has 0 spiro atoms. The minimum Gasteiger partial charge on any atom is -0.294 e. The molecule has 0 amide bonds. The molecule has 20 heavy (non-hydrogen) atoms. The largest absolute Gasteiger partial charge is 0.294 e. The highest BCUT2D eigenvalue weighted by Gasteiger charge is 2.04. The molecule has 1 radical (unpaired) electrons. The molecule has 0 saturated heterocycles. The van der Waals surface area contributed by atoms with Crippen molar-refractivity contribution in [1.29, 1.82) is 0 Å². The van der Waals surface area contributed by atoms with Crippen molar-refractivity contribution in [2.45, 2.75) is 46.0 Å². The Labute approximate surface area is 122 Å². The number of Topliss-reactive ketones (excluding diaryl/α,β-unsaturated/α-hetero) is 1. The van der Waals surface area contributed by atoms with Crippen LogP contribution in [0.2, 0.25) is 0 Å². The summed E-state index contributed by atoms with van der Waals surface area (Å²) >= 11 is 0. The Morgan fingerprint density at radius 2 is 1.80 bits per heavy atom. The third kappa shape index (κ3) is 6.83. The van der Waals surface area contributed by atoms with Gasteiger partial charge in [-0.25, -0.2) is 0 Å². The topological polar surface area (TPSA) is 29.5 Å². The standard InChI is InChI=1S/C17H26NO2/c1-3-18(4-2)20-15-11-6-5-10-14-17(19)16-12-8-7-9-13-16/h7-9,12-13,15H,3-6,10-11,14H2,1-2H3. The van der Waals surface area contributed by atoms with Gasteiger partial charge in [0.25, 0.3) is 0 Å². The van der Waals surface area contributed by atoms with Gasteiger partial charge in [-0.1, -0.05) is 57.0 Å². The first kappa shape index (κ1) is 16.9. The highest BCUT2D eigenvalue weighted by Crippen LogP contribution is 2.10. The Morgan fingerprint density at radius 3 is 2.45 bits per heavy atom. The van der Waals surface area contributed by atoms with Gasteiger partial charge < -0.3 is 0 Å². The maximum atomic E-state index is 11.9. The molecule has 0 aliphatic carbocycles. The lowest BCUT2D eigenvalue weighted by Crippen LogP contribution is -2.21. The molecule has 0 bridgehead atoms. The van der Waals surface area contributed by atoms with Gasteiger partial charge in [0.05, 0.1) is 0 Å². The number of hydroxylamine groups is 2. The molecule has 0 aliphatic rings. The maximum Gasteiger partial charge on any atom is 0.162 e. The van der Waals surface area contributed by atoms with Crippen molar-refractivity contribution < 1.29 is 9.63 Å². The number of ketones is 1. The molecule has 0 fully saturated rings. The van der Waals surface area contributed by atoms with Gasteiger partial charge in [0.1, 0.15) is 6.61 Å². The molecule has 0 aromatic heterocycles. The van der Waals surface area contributed by atoms with Crippen molar-refractivity contribution in [2.75, 3.05) is 13.1 Å². The van der Waals surface area contributed by atoms with E-state index in [0.717, 1.165) is 44.3 Å². The molecule has 0 saturated carbocycles. The van der Waals surface area contributed by atoms with Gasteiger partial charge in [-0.05, 0) is 12.8 Å². The zero-order valence-corrected chi connectivity index (χ0v) is 12.7. The van der Waals surface area contributed by atoms with Crippen LogP contribution in [-0.4, -0.2) is 23.9 Å². The van der Waals surface area contributed by atoms with E-state index in [2.05, 4.69) is 13.8 Å². The Hall–Kier alpha value is -1.19. The Balaban J connectivity index is 2.01. The smallest absolute Gasteiger partial charge is 0.162 e. The molecule has 111 valence electrons. The Bertz CT molecular complexity index is 361. The number of unbranched alkanes of at least 4 members (excludes halogenated alkanes) is 3. The molecular formula is C17H26NO2. The first-order valence-corrected chi connectivity index (χ1v) is 7.59. The summed E-state index contributed by atoms with van der Waals surface area (Å²) < 4.78 is 0. The van der Waals surface area contributed by atoms with Crippen LogP contribution >= 0.6 is 0 Å². The van der Waals surface area contributed by atoms with E-state index >= 15 is 0 Å². The van der Waals surface area contributed by atoms with E-state index < -0.39 is 0 Å². The quantitative estimate of drug-likeness (QED) is 0.344. The van der Waals surface area contributed by atoms with E-state index in [1.165, 1.54) is 0 Å². The summed E-state index contributed by atoms with van der Waals surface area (Å²) in [6, 6.07) is 9.52. The summed E-state index contributed by atoms with van der Waals surface area (Å²) in [5, 5.41) is 1.92. The molecule has 0 heterocycles. The zero-order valence-electron chi connectivity index (χ0n) is 12.7. The van der Waals surface area contributed by atoms with Gasteiger partial charge in [0, 0.05) is 25.1 Å². The number of rotatable bonds is 11. The van der Waals surface area contributed by atoms with Crippen molar-refractivity contribution >= 4 is 5.78 Å². The SMILES string of the molecule is CCN(CC)O[CH]CCCCCC(=O)c1ccccc1. The number of nitrogens with zero attached hydrogens (tertiary/aromatic N) is 1. The van der Waals surface area contributed by atoms with Crippen LogP contribution in [-0.2, 0) is 4.84 Å². The average molecular weight is 276 g/mol. The van der Waals surface area contributed by atoms with E-state index in [-0.39, 0.29) is 5.78 Å². The van der Waals surface area contributed by atoms with Gasteiger partial charge in [-0.2, -0.15) is 5.06 Å². The molecule has 1 aromatic rings. The van der Waals surface area contributed by atoms with E-state index in [1.807, 2.05) is 42.0 Å². The molecule has 3 nitrogen and oxygen atoms in total. The maximum absolute atomic E-state index is 11.9. The van der Waals surface area contributed by atoms with Crippen molar-refractivity contribution in [3.8, 4) is 0 Å². The molecule has 1 rings (SSSR count). The lowest BCUT2D eigenvalue weighted by atomic mass is 10.0. The summed E-state index contributed by atoms with van der Waals surface area (Å²) in [4.78, 5) is 17.3. The van der Waals surface area contributed by atoms with Crippen LogP contribution in [0.5, 0.6) is 0 Å². The van der Waals surface area contributed by atoms with Crippen molar-refractivity contribution in [1.82, 2.24) is 5.06 Å². The second-order valence-corrected chi connectivity index (χ2v) is 4.77. The minimum absolute atomic E-state index is 0.244. The van der Waals surface area contributed by atoms with Gasteiger partial charge in [0.15, 0.2) is 5.78 Å². The summed E-state index contributed by atoms with van der Waals surface area (Å²) in [5.74, 6) is 0.244. The third-order valence-electron chi connectivity index (χ3n) is 3.25. The highest BCUT2D eigenvalue weighted by molar-refractivity contribution is 5.95. The lowest BCUT2D eigenvalue weighted by molar-refractivity contribution is -0.121. The van der Waals surface area contributed by atoms with Crippen LogP contribution < -0.4 is 0 Å². The molecule has 1 aromatic carbocycles. The summed E-state index contributed by atoms with van der Waals surface area (Å²) in [6.07, 6.45) is 4.67. The number of carbonyl (C=O) groups excluding carboxylic acids is 1. The van der Waals surface area contributed by atoms with Crippen LogP contribution in [0.25, 0.3) is 0 Å². The van der Waals surface area contributed by atoms with Crippen LogP contribution in [0, 0.1) is 6.61 Å². The Kier molecular flexibility index (Phi) is 8.92. The number of hydrogen-bond acceptors (Lipinski definition) is 3.